The van der Waals surface area contributed by atoms with Crippen molar-refractivity contribution in [2.24, 2.45) is 0 Å². The van der Waals surface area contributed by atoms with E-state index in [1.807, 2.05) is 19.1 Å². The van der Waals surface area contributed by atoms with Crippen LogP contribution >= 0.6 is 0 Å². The first kappa shape index (κ1) is 21.9. The fraction of sp³-hybridized carbons (Fsp3) is 0.650. The van der Waals surface area contributed by atoms with Crippen LogP contribution in [0.25, 0.3) is 0 Å². The van der Waals surface area contributed by atoms with Crippen molar-refractivity contribution in [1.29, 1.82) is 0 Å². The Balaban J connectivity index is 1.89. The van der Waals surface area contributed by atoms with Crippen molar-refractivity contribution in [2.45, 2.75) is 57.4 Å². The van der Waals surface area contributed by atoms with Gasteiger partial charge in [-0.3, -0.25) is 4.79 Å². The summed E-state index contributed by atoms with van der Waals surface area (Å²) in [5.41, 5.74) is 1.13. The van der Waals surface area contributed by atoms with Crippen LogP contribution in [0.4, 0.5) is 0 Å². The van der Waals surface area contributed by atoms with Crippen molar-refractivity contribution >= 4 is 15.9 Å². The molecule has 1 atom stereocenters. The lowest BCUT2D eigenvalue weighted by Crippen LogP contribution is -3.15. The highest BCUT2D eigenvalue weighted by molar-refractivity contribution is 7.89. The molecule has 1 amide bonds. The molecule has 152 valence electrons. The Morgan fingerprint density at radius 2 is 1.74 bits per heavy atom. The van der Waals surface area contributed by atoms with Crippen LogP contribution in [0.15, 0.2) is 29.2 Å². The molecule has 2 rings (SSSR count). The van der Waals surface area contributed by atoms with E-state index >= 15 is 0 Å². The molecule has 0 bridgehead atoms. The number of rotatable bonds is 8. The molecular weight excluding hydrogens is 362 g/mol. The molecular formula is C20H34N3O3S+. The lowest BCUT2D eigenvalue weighted by atomic mass is 10.0. The van der Waals surface area contributed by atoms with Crippen LogP contribution in [0.5, 0.6) is 0 Å². The Bertz CT molecular complexity index is 708. The maximum Gasteiger partial charge on any atom is 0.275 e. The highest BCUT2D eigenvalue weighted by Crippen LogP contribution is 2.20. The molecule has 1 heterocycles. The number of carbonyl (C=O) groups is 1. The Hall–Kier alpha value is -1.44. The smallest absolute Gasteiger partial charge is 0.275 e. The molecule has 1 aliphatic heterocycles. The van der Waals surface area contributed by atoms with Crippen LogP contribution in [-0.2, 0) is 14.8 Å². The van der Waals surface area contributed by atoms with E-state index in [-0.39, 0.29) is 11.9 Å². The fourth-order valence-electron chi connectivity index (χ4n) is 3.45. The van der Waals surface area contributed by atoms with Crippen molar-refractivity contribution in [3.05, 3.63) is 29.8 Å². The number of piperazine rings is 1. The third-order valence-electron chi connectivity index (χ3n) is 5.15. The van der Waals surface area contributed by atoms with Gasteiger partial charge in [0.25, 0.3) is 5.91 Å². The molecule has 0 saturated carbocycles. The summed E-state index contributed by atoms with van der Waals surface area (Å²) >= 11 is 0. The average Bonchev–Trinajstić information content (AvgIpc) is 2.62. The molecule has 1 aliphatic rings. The van der Waals surface area contributed by atoms with E-state index < -0.39 is 10.0 Å². The maximum absolute atomic E-state index is 12.9. The Kier molecular flexibility index (Phi) is 7.82. The summed E-state index contributed by atoms with van der Waals surface area (Å²) in [6, 6.07) is 7.37. The van der Waals surface area contributed by atoms with Gasteiger partial charge in [0, 0.05) is 6.04 Å². The van der Waals surface area contributed by atoms with Gasteiger partial charge in [-0.15, -0.1) is 0 Å². The van der Waals surface area contributed by atoms with Crippen molar-refractivity contribution in [2.75, 3.05) is 32.7 Å². The van der Waals surface area contributed by atoms with E-state index in [4.69, 9.17) is 0 Å². The van der Waals surface area contributed by atoms with Gasteiger partial charge < -0.3 is 10.2 Å². The number of hydrogen-bond donors (Lipinski definition) is 2. The summed E-state index contributed by atoms with van der Waals surface area (Å²) in [4.78, 5) is 13.6. The lowest BCUT2D eigenvalue weighted by Gasteiger charge is -2.31. The molecule has 7 heteroatoms. The van der Waals surface area contributed by atoms with E-state index in [1.165, 1.54) is 0 Å². The molecule has 0 aromatic heterocycles. The van der Waals surface area contributed by atoms with Crippen molar-refractivity contribution in [3.63, 3.8) is 0 Å². The number of nitrogens with zero attached hydrogens (tertiary/aromatic N) is 1. The van der Waals surface area contributed by atoms with Crippen LogP contribution in [0.3, 0.4) is 0 Å². The molecule has 1 fully saturated rings. The molecule has 27 heavy (non-hydrogen) atoms. The Labute approximate surface area is 164 Å². The monoisotopic (exact) mass is 396 g/mol. The van der Waals surface area contributed by atoms with Gasteiger partial charge in [-0.1, -0.05) is 39.3 Å². The van der Waals surface area contributed by atoms with Gasteiger partial charge in [0.05, 0.1) is 31.1 Å². The minimum Gasteiger partial charge on any atom is -0.349 e. The zero-order chi connectivity index (χ0) is 20.0. The zero-order valence-corrected chi connectivity index (χ0v) is 17.8. The maximum atomic E-state index is 12.9. The van der Waals surface area contributed by atoms with Crippen LogP contribution in [-0.4, -0.2) is 57.4 Å². The lowest BCUT2D eigenvalue weighted by molar-refractivity contribution is -0.895. The van der Waals surface area contributed by atoms with Crippen molar-refractivity contribution in [1.82, 2.24) is 9.62 Å². The van der Waals surface area contributed by atoms with Gasteiger partial charge in [0.2, 0.25) is 10.0 Å². The number of benzene rings is 1. The molecule has 1 aromatic carbocycles. The number of amides is 1. The second-order valence-corrected chi connectivity index (χ2v) is 9.75. The minimum atomic E-state index is -3.46. The molecule has 1 saturated heterocycles. The normalized spacial score (nSPS) is 17.8. The fourth-order valence-corrected chi connectivity index (χ4v) is 4.89. The third kappa shape index (κ3) is 6.02. The highest BCUT2D eigenvalue weighted by Gasteiger charge is 2.31. The summed E-state index contributed by atoms with van der Waals surface area (Å²) in [6.45, 7) is 10.9. The molecule has 6 nitrogen and oxygen atoms in total. The molecule has 0 spiro atoms. The number of hydrogen-bond acceptors (Lipinski definition) is 3. The quantitative estimate of drug-likeness (QED) is 0.689. The number of nitrogens with one attached hydrogen (secondary N) is 2. The van der Waals surface area contributed by atoms with Crippen LogP contribution < -0.4 is 10.2 Å². The first-order chi connectivity index (χ1) is 12.7. The van der Waals surface area contributed by atoms with E-state index in [9.17, 15) is 13.2 Å². The summed E-state index contributed by atoms with van der Waals surface area (Å²) in [6.07, 6.45) is 2.02. The first-order valence-electron chi connectivity index (χ1n) is 9.97. The number of quaternary nitrogens is 1. The van der Waals surface area contributed by atoms with Gasteiger partial charge >= 0.3 is 0 Å². The standard InChI is InChI=1S/C20H33N3O3S/c1-5-6-17(4)21-20(24)15-22-11-13-23(14-12-22)27(25,26)19-9-7-18(8-10-19)16(2)3/h7-10,16-17H,5-6,11-15H2,1-4H3,(H,21,24)/p+1/t17-/m1/s1. The predicted octanol–water partition coefficient (Wildman–Crippen LogP) is 1.00. The van der Waals surface area contributed by atoms with Crippen LogP contribution in [0.2, 0.25) is 0 Å². The second kappa shape index (κ2) is 9.66. The Morgan fingerprint density at radius 3 is 2.26 bits per heavy atom. The van der Waals surface area contributed by atoms with E-state index in [1.54, 1.807) is 16.4 Å². The average molecular weight is 397 g/mol. The zero-order valence-electron chi connectivity index (χ0n) is 17.0. The topological polar surface area (TPSA) is 70.9 Å². The van der Waals surface area contributed by atoms with E-state index in [0.717, 1.165) is 23.3 Å². The van der Waals surface area contributed by atoms with Gasteiger partial charge in [-0.2, -0.15) is 4.31 Å². The predicted molar refractivity (Wildman–Crippen MR) is 107 cm³/mol. The largest absolute Gasteiger partial charge is 0.349 e. The number of sulfonamides is 1. The number of carbonyl (C=O) groups excluding carboxylic acids is 1. The first-order valence-corrected chi connectivity index (χ1v) is 11.4. The molecule has 0 radical (unpaired) electrons. The van der Waals surface area contributed by atoms with E-state index in [2.05, 4.69) is 26.1 Å². The minimum absolute atomic E-state index is 0.0477. The molecule has 1 aromatic rings. The highest BCUT2D eigenvalue weighted by atomic mass is 32.2. The van der Waals surface area contributed by atoms with E-state index in [0.29, 0.717) is 43.5 Å². The van der Waals surface area contributed by atoms with Crippen LogP contribution in [0, 0.1) is 0 Å². The van der Waals surface area contributed by atoms with Gasteiger partial charge in [0.1, 0.15) is 0 Å². The van der Waals surface area contributed by atoms with Gasteiger partial charge in [-0.05, 0) is 37.0 Å². The van der Waals surface area contributed by atoms with Crippen molar-refractivity contribution < 1.29 is 18.1 Å². The SMILES string of the molecule is CCC[C@@H](C)NC(=O)C[NH+]1CCN(S(=O)(=O)c2ccc(C(C)C)cc2)CC1. The summed E-state index contributed by atoms with van der Waals surface area (Å²) in [5, 5.41) is 3.02. The summed E-state index contributed by atoms with van der Waals surface area (Å²) in [7, 11) is -3.46. The molecule has 0 unspecified atom stereocenters. The summed E-state index contributed by atoms with van der Waals surface area (Å²) < 4.78 is 27.2. The second-order valence-electron chi connectivity index (χ2n) is 7.81. The third-order valence-corrected chi connectivity index (χ3v) is 7.07. The molecule has 0 aliphatic carbocycles. The van der Waals surface area contributed by atoms with Gasteiger partial charge in [0.15, 0.2) is 6.54 Å². The van der Waals surface area contributed by atoms with Gasteiger partial charge in [-0.25, -0.2) is 8.42 Å². The summed E-state index contributed by atoms with van der Waals surface area (Å²) in [5.74, 6) is 0.423. The Morgan fingerprint density at radius 1 is 1.15 bits per heavy atom. The van der Waals surface area contributed by atoms with Crippen LogP contribution in [0.1, 0.15) is 52.0 Å². The molecule has 2 N–H and O–H groups in total. The van der Waals surface area contributed by atoms with Crippen molar-refractivity contribution in [3.8, 4) is 0 Å².